The molecule has 0 bridgehead atoms. The van der Waals surface area contributed by atoms with E-state index in [1.165, 1.54) is 10.1 Å². The molecule has 1 aromatic heterocycles. The zero-order chi connectivity index (χ0) is 45.4. The van der Waals surface area contributed by atoms with Crippen molar-refractivity contribution in [1.82, 2.24) is 19.8 Å². The number of carboxylic acid groups (broad SMARTS) is 1. The lowest BCUT2D eigenvalue weighted by Crippen LogP contribution is -2.55. The number of carboxylic acids is 1. The predicted molar refractivity (Wildman–Crippen MR) is 237 cm³/mol. The van der Waals surface area contributed by atoms with Crippen molar-refractivity contribution in [2.75, 3.05) is 4.90 Å². The Balaban J connectivity index is 0.00000158. The number of hydrogen-bond donors (Lipinski definition) is 5. The number of ether oxygens (including phenoxy) is 1. The number of para-hydroxylation sites is 1. The fourth-order valence-electron chi connectivity index (χ4n) is 8.82. The molecule has 5 amide bonds. The van der Waals surface area contributed by atoms with Crippen LogP contribution in [0.4, 0.5) is 5.69 Å². The number of imidazole rings is 1. The van der Waals surface area contributed by atoms with Gasteiger partial charge in [0.1, 0.15) is 12.1 Å². The van der Waals surface area contributed by atoms with E-state index in [0.29, 0.717) is 44.2 Å². The van der Waals surface area contributed by atoms with Crippen LogP contribution in [0.1, 0.15) is 105 Å². The SMILES string of the molecule is CC(=O)O.C[C@@H](OCc1ccc(CCCCCCc2ccc3c(c2)n(C)c(=O)n3C2CCC(=O)NC2=O)cc1)[C@H](CCC(N)=O)NC(=O)[C@@H]1Cc2cccc3c2N1C(=O)[C@@H](N)CC3. The number of aryl methyl sites for hydroxylation is 4. The Hall–Kier alpha value is -6.13. The number of aliphatic carboxylic acids is 1. The number of hydrogen-bond acceptors (Lipinski definition) is 9. The minimum atomic E-state index is -0.833. The quantitative estimate of drug-likeness (QED) is 0.0763. The molecule has 0 spiro atoms. The van der Waals surface area contributed by atoms with E-state index in [9.17, 15) is 28.8 Å². The molecule has 4 aromatic rings. The first kappa shape index (κ1) is 46.4. The van der Waals surface area contributed by atoms with Gasteiger partial charge < -0.3 is 26.6 Å². The zero-order valence-electron chi connectivity index (χ0n) is 36.3. The molecule has 1 unspecified atom stereocenters. The lowest BCUT2D eigenvalue weighted by atomic mass is 10.0. The van der Waals surface area contributed by atoms with Crippen LogP contribution >= 0.6 is 0 Å². The van der Waals surface area contributed by atoms with E-state index in [-0.39, 0.29) is 36.3 Å². The van der Waals surface area contributed by atoms with Gasteiger partial charge in [-0.1, -0.05) is 61.4 Å². The van der Waals surface area contributed by atoms with E-state index in [0.717, 1.165) is 78.9 Å². The Bertz CT molecular complexity index is 2400. The molecule has 336 valence electrons. The molecule has 4 heterocycles. The molecule has 3 aliphatic rings. The smallest absolute Gasteiger partial charge is 0.329 e. The standard InChI is InChI=1S/C45H55N7O7.C2H4O2/c1-27(34(19-22-39(47)53)48-43(56)38-25-32-11-7-10-31-17-18-33(46)44(57)52(38)41(31)32)59-26-30-14-12-28(13-15-30)8-5-3-4-6-9-29-16-20-35-37(24-29)50(2)45(58)51(35)36-21-23-40(54)49-42(36)55;1-2(3)4/h7,10-16,20,24,27,33-34,36,38H,3-6,8-9,17-19,21-23,25-26,46H2,1-2H3,(H2,47,53)(H,48,56)(H,49,54,55);1H3,(H,3,4)/t27-,33+,34+,36?,38+;/m1./s1. The highest BCUT2D eigenvalue weighted by Gasteiger charge is 2.43. The second-order valence-electron chi connectivity index (χ2n) is 16.9. The van der Waals surface area contributed by atoms with Crippen molar-refractivity contribution in [2.45, 2.75) is 134 Å². The Morgan fingerprint density at radius 3 is 2.22 bits per heavy atom. The molecule has 7 N–H and O–H groups in total. The molecule has 3 aliphatic heterocycles. The first-order valence-electron chi connectivity index (χ1n) is 21.8. The lowest BCUT2D eigenvalue weighted by molar-refractivity contribution is -0.136. The van der Waals surface area contributed by atoms with Gasteiger partial charge in [0.05, 0.1) is 41.5 Å². The highest BCUT2D eigenvalue weighted by Crippen LogP contribution is 2.39. The third-order valence-corrected chi connectivity index (χ3v) is 12.2. The third kappa shape index (κ3) is 11.3. The number of fused-ring (bicyclic) bond motifs is 1. The van der Waals surface area contributed by atoms with Crippen molar-refractivity contribution >= 4 is 52.2 Å². The van der Waals surface area contributed by atoms with Crippen LogP contribution in [-0.2, 0) is 72.8 Å². The zero-order valence-corrected chi connectivity index (χ0v) is 36.3. The number of nitrogens with zero attached hydrogens (tertiary/aromatic N) is 3. The summed E-state index contributed by atoms with van der Waals surface area (Å²) in [5.74, 6) is -2.60. The number of amides is 5. The van der Waals surface area contributed by atoms with Crippen LogP contribution < -0.4 is 32.7 Å². The number of anilines is 1. The highest BCUT2D eigenvalue weighted by atomic mass is 16.5. The average molecular weight is 866 g/mol. The summed E-state index contributed by atoms with van der Waals surface area (Å²) in [6, 6.07) is 17.6. The van der Waals surface area contributed by atoms with Crippen LogP contribution in [0.5, 0.6) is 0 Å². The molecule has 16 heteroatoms. The molecule has 0 saturated carbocycles. The first-order chi connectivity index (χ1) is 30.1. The second kappa shape index (κ2) is 20.8. The summed E-state index contributed by atoms with van der Waals surface area (Å²) in [5, 5.41) is 12.9. The fourth-order valence-corrected chi connectivity index (χ4v) is 8.82. The molecule has 63 heavy (non-hydrogen) atoms. The van der Waals surface area contributed by atoms with E-state index in [1.807, 2.05) is 43.3 Å². The highest BCUT2D eigenvalue weighted by molar-refractivity contribution is 6.07. The van der Waals surface area contributed by atoms with Crippen molar-refractivity contribution in [2.24, 2.45) is 18.5 Å². The molecule has 1 fully saturated rings. The maximum atomic E-state index is 13.8. The monoisotopic (exact) mass is 865 g/mol. The van der Waals surface area contributed by atoms with E-state index in [1.54, 1.807) is 16.5 Å². The average Bonchev–Trinajstić information content (AvgIpc) is 3.72. The Morgan fingerprint density at radius 1 is 0.889 bits per heavy atom. The number of imide groups is 1. The van der Waals surface area contributed by atoms with Gasteiger partial charge in [-0.05, 0) is 98.2 Å². The molecule has 0 radical (unpaired) electrons. The van der Waals surface area contributed by atoms with Crippen LogP contribution in [0.2, 0.25) is 0 Å². The summed E-state index contributed by atoms with van der Waals surface area (Å²) in [4.78, 5) is 86.8. The van der Waals surface area contributed by atoms with Crippen molar-refractivity contribution in [3.8, 4) is 0 Å². The van der Waals surface area contributed by atoms with Crippen LogP contribution in [0, 0.1) is 0 Å². The number of benzene rings is 3. The van der Waals surface area contributed by atoms with Gasteiger partial charge >= 0.3 is 5.69 Å². The molecule has 3 aromatic carbocycles. The van der Waals surface area contributed by atoms with E-state index in [4.69, 9.17) is 26.1 Å². The topological polar surface area (TPSA) is 238 Å². The normalized spacial score (nSPS) is 19.1. The molecule has 0 aliphatic carbocycles. The van der Waals surface area contributed by atoms with Gasteiger partial charge in [-0.25, -0.2) is 4.79 Å². The Labute approximate surface area is 366 Å². The maximum absolute atomic E-state index is 13.8. The molecule has 5 atom stereocenters. The predicted octanol–water partition coefficient (Wildman–Crippen LogP) is 3.64. The van der Waals surface area contributed by atoms with E-state index in [2.05, 4.69) is 34.9 Å². The summed E-state index contributed by atoms with van der Waals surface area (Å²) in [7, 11) is 1.71. The summed E-state index contributed by atoms with van der Waals surface area (Å²) in [5.41, 5.74) is 19.1. The number of carbonyl (C=O) groups is 6. The van der Waals surface area contributed by atoms with Gasteiger partial charge in [-0.2, -0.15) is 0 Å². The molecular formula is C47H59N7O9. The van der Waals surface area contributed by atoms with Gasteiger partial charge in [0, 0.05) is 33.2 Å². The number of primary amides is 1. The van der Waals surface area contributed by atoms with Crippen LogP contribution in [-0.4, -0.2) is 74.0 Å². The number of aromatic nitrogens is 2. The Kier molecular flexibility index (Phi) is 15.3. The fraction of sp³-hybridized carbons (Fsp3) is 0.468. The van der Waals surface area contributed by atoms with Crippen LogP contribution in [0.15, 0.2) is 65.5 Å². The van der Waals surface area contributed by atoms with Gasteiger partial charge in [0.25, 0.3) is 5.97 Å². The van der Waals surface area contributed by atoms with Crippen LogP contribution in [0.25, 0.3) is 11.0 Å². The first-order valence-corrected chi connectivity index (χ1v) is 21.8. The number of rotatable bonds is 17. The van der Waals surface area contributed by atoms with Gasteiger partial charge in [-0.3, -0.25) is 48.1 Å². The summed E-state index contributed by atoms with van der Waals surface area (Å²) < 4.78 is 9.34. The largest absolute Gasteiger partial charge is 0.481 e. The van der Waals surface area contributed by atoms with Crippen molar-refractivity contribution in [1.29, 1.82) is 0 Å². The van der Waals surface area contributed by atoms with Crippen LogP contribution in [0.3, 0.4) is 0 Å². The van der Waals surface area contributed by atoms with Gasteiger partial charge in [0.2, 0.25) is 29.5 Å². The van der Waals surface area contributed by atoms with Crippen molar-refractivity contribution in [3.63, 3.8) is 0 Å². The van der Waals surface area contributed by atoms with Crippen molar-refractivity contribution in [3.05, 3.63) is 99.0 Å². The molecule has 16 nitrogen and oxygen atoms in total. The minimum Gasteiger partial charge on any atom is -0.481 e. The maximum Gasteiger partial charge on any atom is 0.329 e. The summed E-state index contributed by atoms with van der Waals surface area (Å²) >= 11 is 0. The molecular weight excluding hydrogens is 807 g/mol. The molecule has 1 saturated heterocycles. The number of nitrogens with two attached hydrogens (primary N) is 2. The van der Waals surface area contributed by atoms with Gasteiger partial charge in [-0.15, -0.1) is 0 Å². The molecule has 7 rings (SSSR count). The number of nitrogens with one attached hydrogen (secondary N) is 2. The second-order valence-corrected chi connectivity index (χ2v) is 16.9. The third-order valence-electron chi connectivity index (χ3n) is 12.2. The van der Waals surface area contributed by atoms with E-state index < -0.39 is 48.1 Å². The van der Waals surface area contributed by atoms with E-state index >= 15 is 0 Å². The summed E-state index contributed by atoms with van der Waals surface area (Å²) in [6.45, 7) is 3.28. The Morgan fingerprint density at radius 2 is 1.54 bits per heavy atom. The lowest BCUT2D eigenvalue weighted by Gasteiger charge is -2.30. The minimum absolute atomic E-state index is 0.0801. The number of piperidine rings is 1. The van der Waals surface area contributed by atoms with Crippen molar-refractivity contribution < 1.29 is 38.6 Å². The number of unbranched alkanes of at least 4 members (excludes halogenated alkanes) is 3. The number of carbonyl (C=O) groups excluding carboxylic acids is 5. The van der Waals surface area contributed by atoms with Gasteiger partial charge in [0.15, 0.2) is 0 Å². The summed E-state index contributed by atoms with van der Waals surface area (Å²) in [6.07, 6.45) is 8.12.